The molecule has 0 saturated heterocycles. The highest BCUT2D eigenvalue weighted by molar-refractivity contribution is 5.94. The van der Waals surface area contributed by atoms with Gasteiger partial charge in [-0.25, -0.2) is 4.39 Å². The first-order valence-corrected chi connectivity index (χ1v) is 10.3. The fraction of sp³-hybridized carbons (Fsp3) is 0.280. The van der Waals surface area contributed by atoms with Crippen LogP contribution in [0.15, 0.2) is 66.7 Å². The van der Waals surface area contributed by atoms with Gasteiger partial charge in [0.2, 0.25) is 11.8 Å². The van der Waals surface area contributed by atoms with Crippen LogP contribution in [-0.4, -0.2) is 38.5 Å². The molecule has 0 unspecified atom stereocenters. The Labute approximate surface area is 182 Å². The van der Waals surface area contributed by atoms with Crippen molar-refractivity contribution < 1.29 is 14.0 Å². The molecule has 0 aromatic heterocycles. The molecule has 3 aromatic rings. The average molecular weight is 422 g/mol. The maximum absolute atomic E-state index is 14.4. The van der Waals surface area contributed by atoms with Crippen LogP contribution in [0.3, 0.4) is 0 Å². The lowest BCUT2D eigenvalue weighted by atomic mass is 9.74. The van der Waals surface area contributed by atoms with Crippen LogP contribution < -0.4 is 16.0 Å². The monoisotopic (exact) mass is 421 g/mol. The topological polar surface area (TPSA) is 70.2 Å². The zero-order chi connectivity index (χ0) is 22.4. The van der Waals surface area contributed by atoms with E-state index in [1.165, 1.54) is 13.1 Å². The highest BCUT2D eigenvalue weighted by Crippen LogP contribution is 2.29. The Bertz CT molecular complexity index is 1090. The molecule has 3 aromatic carbocycles. The number of halogens is 1. The van der Waals surface area contributed by atoms with Gasteiger partial charge in [0.05, 0.1) is 5.92 Å². The van der Waals surface area contributed by atoms with Crippen molar-refractivity contribution in [2.75, 3.05) is 21.1 Å². The molecule has 0 radical (unpaired) electrons. The van der Waals surface area contributed by atoms with Crippen molar-refractivity contribution >= 4 is 22.6 Å². The van der Waals surface area contributed by atoms with Gasteiger partial charge in [-0.05, 0) is 41.4 Å². The third-order valence-corrected chi connectivity index (χ3v) is 5.91. The Balaban J connectivity index is 2.09. The van der Waals surface area contributed by atoms with Crippen molar-refractivity contribution in [3.8, 4) is 0 Å². The predicted octanol–water partition coefficient (Wildman–Crippen LogP) is 2.83. The van der Waals surface area contributed by atoms with E-state index in [1.807, 2.05) is 42.5 Å². The Hall–Kier alpha value is -3.25. The van der Waals surface area contributed by atoms with Crippen molar-refractivity contribution in [1.29, 1.82) is 0 Å². The van der Waals surface area contributed by atoms with Gasteiger partial charge in [-0.15, -0.1) is 0 Å². The zero-order valence-corrected chi connectivity index (χ0v) is 18.0. The third kappa shape index (κ3) is 4.59. The molecule has 0 heterocycles. The number of hydrogen-bond donors (Lipinski definition) is 3. The second kappa shape index (κ2) is 9.71. The first kappa shape index (κ1) is 22.4. The summed E-state index contributed by atoms with van der Waals surface area (Å²) < 4.78 is 14.4. The van der Waals surface area contributed by atoms with Gasteiger partial charge in [0.15, 0.2) is 0 Å². The smallest absolute Gasteiger partial charge is 0.241 e. The van der Waals surface area contributed by atoms with Crippen molar-refractivity contribution in [3.05, 3.63) is 83.7 Å². The standard InChI is InChI=1S/C25H28FN3O2/c1-27-23(30)21(15-20-10-6-7-11-22(20)26)25(29-3,24(31)28-2)16-17-12-13-18-8-4-5-9-19(18)14-17/h4-14,21,29H,15-16H2,1-3H3,(H,27,30)(H,28,31)/t21-,25+/m0/s1. The molecular formula is C25H28FN3O2. The second-order valence-corrected chi connectivity index (χ2v) is 7.62. The molecule has 0 saturated carbocycles. The van der Waals surface area contributed by atoms with Gasteiger partial charge in [-0.3, -0.25) is 9.59 Å². The minimum absolute atomic E-state index is 0.0776. The van der Waals surface area contributed by atoms with Crippen LogP contribution in [0, 0.1) is 11.7 Å². The van der Waals surface area contributed by atoms with E-state index in [0.717, 1.165) is 16.3 Å². The van der Waals surface area contributed by atoms with Crippen LogP contribution in [0.2, 0.25) is 0 Å². The molecule has 2 atom stereocenters. The second-order valence-electron chi connectivity index (χ2n) is 7.62. The highest BCUT2D eigenvalue weighted by Gasteiger charge is 2.47. The molecule has 6 heteroatoms. The number of carbonyl (C=O) groups excluding carboxylic acids is 2. The number of hydrogen-bond acceptors (Lipinski definition) is 3. The van der Waals surface area contributed by atoms with Crippen LogP contribution in [0.4, 0.5) is 4.39 Å². The minimum atomic E-state index is -1.28. The molecule has 162 valence electrons. The van der Waals surface area contributed by atoms with Crippen LogP contribution >= 0.6 is 0 Å². The molecule has 5 nitrogen and oxygen atoms in total. The number of likely N-dealkylation sites (N-methyl/N-ethyl adjacent to an activating group) is 2. The van der Waals surface area contributed by atoms with E-state index in [0.29, 0.717) is 5.56 Å². The van der Waals surface area contributed by atoms with Crippen molar-refractivity contribution in [1.82, 2.24) is 16.0 Å². The summed E-state index contributed by atoms with van der Waals surface area (Å²) in [5, 5.41) is 10.6. The summed E-state index contributed by atoms with van der Waals surface area (Å²) in [5.74, 6) is -1.90. The van der Waals surface area contributed by atoms with Crippen LogP contribution in [0.1, 0.15) is 11.1 Å². The number of rotatable bonds is 8. The molecule has 2 amide bonds. The Kier molecular flexibility index (Phi) is 7.02. The summed E-state index contributed by atoms with van der Waals surface area (Å²) in [6.45, 7) is 0. The Morgan fingerprint density at radius 2 is 1.58 bits per heavy atom. The summed E-state index contributed by atoms with van der Waals surface area (Å²) in [4.78, 5) is 26.2. The number of amides is 2. The first-order chi connectivity index (χ1) is 14.9. The largest absolute Gasteiger partial charge is 0.359 e. The van der Waals surface area contributed by atoms with Gasteiger partial charge in [-0.2, -0.15) is 0 Å². The van der Waals surface area contributed by atoms with E-state index in [4.69, 9.17) is 0 Å². The summed E-state index contributed by atoms with van der Waals surface area (Å²) in [7, 11) is 4.73. The van der Waals surface area contributed by atoms with Crippen LogP contribution in [0.25, 0.3) is 10.8 Å². The Morgan fingerprint density at radius 1 is 0.903 bits per heavy atom. The minimum Gasteiger partial charge on any atom is -0.359 e. The maximum Gasteiger partial charge on any atom is 0.241 e. The molecule has 3 rings (SSSR count). The van der Waals surface area contributed by atoms with Gasteiger partial charge in [-0.1, -0.05) is 60.7 Å². The zero-order valence-electron chi connectivity index (χ0n) is 18.0. The number of nitrogens with one attached hydrogen (secondary N) is 3. The van der Waals surface area contributed by atoms with Crippen molar-refractivity contribution in [2.24, 2.45) is 5.92 Å². The van der Waals surface area contributed by atoms with E-state index in [1.54, 1.807) is 32.3 Å². The molecule has 0 aliphatic rings. The van der Waals surface area contributed by atoms with E-state index in [9.17, 15) is 14.0 Å². The predicted molar refractivity (Wildman–Crippen MR) is 121 cm³/mol. The van der Waals surface area contributed by atoms with Crippen molar-refractivity contribution in [2.45, 2.75) is 18.4 Å². The van der Waals surface area contributed by atoms with E-state index >= 15 is 0 Å². The van der Waals surface area contributed by atoms with Gasteiger partial charge >= 0.3 is 0 Å². The van der Waals surface area contributed by atoms with Gasteiger partial charge in [0.1, 0.15) is 11.4 Å². The van der Waals surface area contributed by atoms with Crippen molar-refractivity contribution in [3.63, 3.8) is 0 Å². The molecule has 0 aliphatic heterocycles. The van der Waals surface area contributed by atoms with E-state index < -0.39 is 17.3 Å². The SMILES string of the molecule is CNC(=O)[C@H](Cc1ccccc1F)[C@@](Cc1ccc2ccccc2c1)(NC)C(=O)NC. The Morgan fingerprint density at radius 3 is 2.23 bits per heavy atom. The molecule has 0 aliphatic carbocycles. The molecule has 3 N–H and O–H groups in total. The third-order valence-electron chi connectivity index (χ3n) is 5.91. The lowest BCUT2D eigenvalue weighted by molar-refractivity contribution is -0.137. The quantitative estimate of drug-likeness (QED) is 0.524. The molecule has 0 bridgehead atoms. The lowest BCUT2D eigenvalue weighted by Gasteiger charge is -2.38. The summed E-state index contributed by atoms with van der Waals surface area (Å²) >= 11 is 0. The summed E-state index contributed by atoms with van der Waals surface area (Å²) in [5.41, 5.74) is 0.0109. The number of carbonyl (C=O) groups is 2. The molecule has 0 spiro atoms. The van der Waals surface area contributed by atoms with E-state index in [-0.39, 0.29) is 24.7 Å². The molecule has 31 heavy (non-hydrogen) atoms. The van der Waals surface area contributed by atoms with Gasteiger partial charge in [0.25, 0.3) is 0 Å². The fourth-order valence-electron chi connectivity index (χ4n) is 4.18. The highest BCUT2D eigenvalue weighted by atomic mass is 19.1. The summed E-state index contributed by atoms with van der Waals surface area (Å²) in [6, 6.07) is 20.3. The van der Waals surface area contributed by atoms with Crippen LogP contribution in [0.5, 0.6) is 0 Å². The van der Waals surface area contributed by atoms with E-state index in [2.05, 4.69) is 16.0 Å². The number of benzene rings is 3. The number of fused-ring (bicyclic) bond motifs is 1. The molecular weight excluding hydrogens is 393 g/mol. The average Bonchev–Trinajstić information content (AvgIpc) is 2.81. The van der Waals surface area contributed by atoms with Crippen LogP contribution in [-0.2, 0) is 22.4 Å². The maximum atomic E-state index is 14.4. The summed E-state index contributed by atoms with van der Waals surface area (Å²) in [6.07, 6.45) is 0.342. The van der Waals surface area contributed by atoms with Gasteiger partial charge < -0.3 is 16.0 Å². The fourth-order valence-corrected chi connectivity index (χ4v) is 4.18. The first-order valence-electron chi connectivity index (χ1n) is 10.3. The molecule has 0 fully saturated rings. The van der Waals surface area contributed by atoms with Gasteiger partial charge in [0, 0.05) is 20.5 Å². The lowest BCUT2D eigenvalue weighted by Crippen LogP contribution is -2.64. The normalized spacial score (nSPS) is 13.9.